The lowest BCUT2D eigenvalue weighted by Crippen LogP contribution is -1.94. The van der Waals surface area contributed by atoms with E-state index >= 15 is 0 Å². The molecule has 0 spiro atoms. The van der Waals surface area contributed by atoms with E-state index in [2.05, 4.69) is 0 Å². The molecule has 1 N–H and O–H groups in total. The molecule has 2 rings (SSSR count). The van der Waals surface area contributed by atoms with E-state index in [0.717, 1.165) is 5.56 Å². The Labute approximate surface area is 116 Å². The number of aliphatic hydroxyl groups excluding tert-OH is 1. The Morgan fingerprint density at radius 3 is 2.53 bits per heavy atom. The van der Waals surface area contributed by atoms with Gasteiger partial charge in [0.25, 0.3) is 0 Å². The van der Waals surface area contributed by atoms with Crippen molar-refractivity contribution in [1.29, 1.82) is 0 Å². The molecule has 0 saturated carbocycles. The summed E-state index contributed by atoms with van der Waals surface area (Å²) < 4.78 is 19.3. The molecule has 0 aliphatic rings. The molecule has 0 amide bonds. The molecule has 4 heteroatoms. The quantitative estimate of drug-likeness (QED) is 0.888. The molecule has 0 fully saturated rings. The lowest BCUT2D eigenvalue weighted by Gasteiger charge is -2.10. The fourth-order valence-corrected chi connectivity index (χ4v) is 1.78. The Bertz CT molecular complexity index is 597. The van der Waals surface area contributed by atoms with Gasteiger partial charge in [-0.15, -0.1) is 0 Å². The van der Waals surface area contributed by atoms with Gasteiger partial charge in [-0.2, -0.15) is 0 Å². The van der Waals surface area contributed by atoms with Gasteiger partial charge in [0.15, 0.2) is 11.6 Å². The Hall–Kier alpha value is -1.58. The molecule has 0 aliphatic heterocycles. The number of ether oxygens (including phenoxy) is 1. The first-order chi connectivity index (χ1) is 8.97. The second-order valence-corrected chi connectivity index (χ2v) is 4.79. The van der Waals surface area contributed by atoms with Gasteiger partial charge in [-0.1, -0.05) is 17.7 Å². The third-order valence-electron chi connectivity index (χ3n) is 2.80. The number of rotatable bonds is 3. The summed E-state index contributed by atoms with van der Waals surface area (Å²) in [7, 11) is 0. The highest BCUT2D eigenvalue weighted by molar-refractivity contribution is 6.31. The zero-order chi connectivity index (χ0) is 14.0. The van der Waals surface area contributed by atoms with E-state index in [1.54, 1.807) is 31.2 Å². The Balaban J connectivity index is 2.25. The molecule has 19 heavy (non-hydrogen) atoms. The van der Waals surface area contributed by atoms with Crippen LogP contribution in [0, 0.1) is 12.7 Å². The highest BCUT2D eigenvalue weighted by atomic mass is 35.5. The van der Waals surface area contributed by atoms with Crippen LogP contribution < -0.4 is 4.74 Å². The summed E-state index contributed by atoms with van der Waals surface area (Å²) in [5.41, 5.74) is 1.37. The standard InChI is InChI=1S/C15H14ClFO2/c1-9-7-12(4-5-13(9)16)19-15-6-3-11(10(2)18)8-14(15)17/h3-8,10,18H,1-2H3/t10-/m0/s1. The van der Waals surface area contributed by atoms with Crippen molar-refractivity contribution in [2.75, 3.05) is 0 Å². The molecule has 100 valence electrons. The predicted molar refractivity (Wildman–Crippen MR) is 73.3 cm³/mol. The molecule has 0 heterocycles. The van der Waals surface area contributed by atoms with Gasteiger partial charge in [0.2, 0.25) is 0 Å². The van der Waals surface area contributed by atoms with Gasteiger partial charge in [0.1, 0.15) is 5.75 Å². The van der Waals surface area contributed by atoms with Crippen molar-refractivity contribution in [2.24, 2.45) is 0 Å². The first kappa shape index (κ1) is 13.8. The monoisotopic (exact) mass is 280 g/mol. The van der Waals surface area contributed by atoms with Gasteiger partial charge >= 0.3 is 0 Å². The lowest BCUT2D eigenvalue weighted by atomic mass is 10.1. The third kappa shape index (κ3) is 3.25. The highest BCUT2D eigenvalue weighted by Crippen LogP contribution is 2.29. The number of benzene rings is 2. The maximum atomic E-state index is 13.8. The predicted octanol–water partition coefficient (Wildman–Crippen LogP) is 4.63. The topological polar surface area (TPSA) is 29.5 Å². The first-order valence-corrected chi connectivity index (χ1v) is 6.26. The Morgan fingerprint density at radius 2 is 1.95 bits per heavy atom. The van der Waals surface area contributed by atoms with Crippen LogP contribution in [0.4, 0.5) is 4.39 Å². The van der Waals surface area contributed by atoms with E-state index in [1.165, 1.54) is 12.1 Å². The SMILES string of the molecule is Cc1cc(Oc2ccc([C@H](C)O)cc2F)ccc1Cl. The van der Waals surface area contributed by atoms with Crippen molar-refractivity contribution in [3.63, 3.8) is 0 Å². The fourth-order valence-electron chi connectivity index (χ4n) is 1.67. The summed E-state index contributed by atoms with van der Waals surface area (Å²) in [6, 6.07) is 9.52. The van der Waals surface area contributed by atoms with Gasteiger partial charge in [-0.3, -0.25) is 0 Å². The molecule has 0 saturated heterocycles. The van der Waals surface area contributed by atoms with E-state index in [9.17, 15) is 9.50 Å². The lowest BCUT2D eigenvalue weighted by molar-refractivity contribution is 0.198. The minimum Gasteiger partial charge on any atom is -0.454 e. The number of aliphatic hydroxyl groups is 1. The number of hydrogen-bond donors (Lipinski definition) is 1. The summed E-state index contributed by atoms with van der Waals surface area (Å²) in [5.74, 6) is 0.128. The van der Waals surface area contributed by atoms with Crippen LogP contribution in [0.1, 0.15) is 24.2 Å². The van der Waals surface area contributed by atoms with Crippen LogP contribution in [0.3, 0.4) is 0 Å². The second-order valence-electron chi connectivity index (χ2n) is 4.38. The van der Waals surface area contributed by atoms with Gasteiger partial charge < -0.3 is 9.84 Å². The van der Waals surface area contributed by atoms with Crippen LogP contribution in [0.15, 0.2) is 36.4 Å². The summed E-state index contributed by atoms with van der Waals surface area (Å²) in [6.07, 6.45) is -0.707. The molecule has 0 aromatic heterocycles. The summed E-state index contributed by atoms with van der Waals surface area (Å²) >= 11 is 5.91. The van der Waals surface area contributed by atoms with Crippen LogP contribution in [0.2, 0.25) is 5.02 Å². The zero-order valence-corrected chi connectivity index (χ0v) is 11.4. The van der Waals surface area contributed by atoms with Gasteiger partial charge in [0.05, 0.1) is 6.10 Å². The summed E-state index contributed by atoms with van der Waals surface area (Å²) in [4.78, 5) is 0. The smallest absolute Gasteiger partial charge is 0.166 e. The van der Waals surface area contributed by atoms with Gasteiger partial charge in [-0.05, 0) is 55.3 Å². The summed E-state index contributed by atoms with van der Waals surface area (Å²) in [6.45, 7) is 3.43. The minimum atomic E-state index is -0.707. The van der Waals surface area contributed by atoms with Crippen molar-refractivity contribution in [2.45, 2.75) is 20.0 Å². The van der Waals surface area contributed by atoms with Crippen LogP contribution in [-0.4, -0.2) is 5.11 Å². The molecular formula is C15H14ClFO2. The van der Waals surface area contributed by atoms with E-state index in [4.69, 9.17) is 16.3 Å². The van der Waals surface area contributed by atoms with E-state index < -0.39 is 11.9 Å². The van der Waals surface area contributed by atoms with Crippen LogP contribution >= 0.6 is 11.6 Å². The van der Waals surface area contributed by atoms with E-state index in [1.807, 2.05) is 6.92 Å². The molecule has 0 bridgehead atoms. The first-order valence-electron chi connectivity index (χ1n) is 5.89. The van der Waals surface area contributed by atoms with Crippen LogP contribution in [-0.2, 0) is 0 Å². The molecule has 1 atom stereocenters. The zero-order valence-electron chi connectivity index (χ0n) is 10.7. The van der Waals surface area contributed by atoms with Crippen molar-refractivity contribution in [1.82, 2.24) is 0 Å². The largest absolute Gasteiger partial charge is 0.454 e. The van der Waals surface area contributed by atoms with E-state index in [0.29, 0.717) is 16.3 Å². The average Bonchev–Trinajstić information content (AvgIpc) is 2.36. The van der Waals surface area contributed by atoms with Crippen LogP contribution in [0.25, 0.3) is 0 Å². The molecule has 2 aromatic rings. The van der Waals surface area contributed by atoms with Gasteiger partial charge in [0, 0.05) is 5.02 Å². The normalized spacial score (nSPS) is 12.3. The second kappa shape index (κ2) is 5.59. The van der Waals surface area contributed by atoms with Crippen LogP contribution in [0.5, 0.6) is 11.5 Å². The molecule has 0 aliphatic carbocycles. The minimum absolute atomic E-state index is 0.117. The third-order valence-corrected chi connectivity index (χ3v) is 3.22. The molecule has 0 unspecified atom stereocenters. The number of aryl methyl sites for hydroxylation is 1. The molecular weight excluding hydrogens is 267 g/mol. The number of halogens is 2. The molecule has 0 radical (unpaired) electrons. The Morgan fingerprint density at radius 1 is 1.21 bits per heavy atom. The molecule has 2 nitrogen and oxygen atoms in total. The number of hydrogen-bond acceptors (Lipinski definition) is 2. The highest BCUT2D eigenvalue weighted by Gasteiger charge is 2.09. The van der Waals surface area contributed by atoms with Crippen molar-refractivity contribution < 1.29 is 14.2 Å². The molecule has 2 aromatic carbocycles. The fraction of sp³-hybridized carbons (Fsp3) is 0.200. The van der Waals surface area contributed by atoms with Crippen molar-refractivity contribution >= 4 is 11.6 Å². The Kier molecular flexibility index (Phi) is 4.08. The maximum absolute atomic E-state index is 13.8. The van der Waals surface area contributed by atoms with E-state index in [-0.39, 0.29) is 5.75 Å². The maximum Gasteiger partial charge on any atom is 0.166 e. The van der Waals surface area contributed by atoms with Crippen molar-refractivity contribution in [3.05, 3.63) is 58.4 Å². The summed E-state index contributed by atoms with van der Waals surface area (Å²) in [5, 5.41) is 10.0. The average molecular weight is 281 g/mol. The van der Waals surface area contributed by atoms with Gasteiger partial charge in [-0.25, -0.2) is 4.39 Å². The van der Waals surface area contributed by atoms with Crippen molar-refractivity contribution in [3.8, 4) is 11.5 Å².